The number of carbonyl (C=O) groups is 1. The quantitative estimate of drug-likeness (QED) is 0.472. The molecule has 2 heterocycles. The van der Waals surface area contributed by atoms with Crippen molar-refractivity contribution in [2.75, 3.05) is 6.61 Å². The summed E-state index contributed by atoms with van der Waals surface area (Å²) in [6.07, 6.45) is 1.24. The van der Waals surface area contributed by atoms with Crippen molar-refractivity contribution in [2.24, 2.45) is 5.41 Å². The second-order valence-electron chi connectivity index (χ2n) is 8.43. The Morgan fingerprint density at radius 3 is 2.38 bits per heavy atom. The smallest absolute Gasteiger partial charge is 0.311 e. The van der Waals surface area contributed by atoms with E-state index in [1.54, 1.807) is 0 Å². The molecule has 0 N–H and O–H groups in total. The number of benzene rings is 2. The Balaban J connectivity index is 1.98. The van der Waals surface area contributed by atoms with Gasteiger partial charge >= 0.3 is 5.97 Å². The summed E-state index contributed by atoms with van der Waals surface area (Å²) in [6, 6.07) is 18.4. The molecule has 0 spiro atoms. The molecule has 4 rings (SSSR count). The van der Waals surface area contributed by atoms with Gasteiger partial charge in [-0.05, 0) is 42.0 Å². The molecule has 4 heteroatoms. The molecule has 0 unspecified atom stereocenters. The lowest BCUT2D eigenvalue weighted by Crippen LogP contribution is -2.16. The van der Waals surface area contributed by atoms with Crippen molar-refractivity contribution in [1.82, 2.24) is 4.57 Å². The summed E-state index contributed by atoms with van der Waals surface area (Å²) >= 11 is 6.15. The average molecular weight is 410 g/mol. The molecule has 3 aromatic rings. The monoisotopic (exact) mass is 409 g/mol. The zero-order valence-corrected chi connectivity index (χ0v) is 17.9. The van der Waals surface area contributed by atoms with Gasteiger partial charge in [-0.15, -0.1) is 0 Å². The summed E-state index contributed by atoms with van der Waals surface area (Å²) in [4.78, 5) is 12.5. The Labute approximate surface area is 177 Å². The fourth-order valence-electron chi connectivity index (χ4n) is 4.41. The lowest BCUT2D eigenvalue weighted by molar-refractivity contribution is -0.142. The van der Waals surface area contributed by atoms with Gasteiger partial charge in [-0.1, -0.05) is 67.9 Å². The molecule has 0 aliphatic carbocycles. The van der Waals surface area contributed by atoms with Crippen molar-refractivity contribution in [3.63, 3.8) is 0 Å². The van der Waals surface area contributed by atoms with Gasteiger partial charge in [0.2, 0.25) is 0 Å². The number of nitrogens with zero attached hydrogens (tertiary/aromatic N) is 1. The van der Waals surface area contributed by atoms with Gasteiger partial charge in [0.1, 0.15) is 0 Å². The first-order chi connectivity index (χ1) is 13.9. The largest absolute Gasteiger partial charge is 0.466 e. The summed E-state index contributed by atoms with van der Waals surface area (Å²) in [5, 5.41) is 0.704. The highest BCUT2D eigenvalue weighted by atomic mass is 35.5. The maximum atomic E-state index is 12.5. The molecule has 0 amide bonds. The van der Waals surface area contributed by atoms with Gasteiger partial charge in [0.15, 0.2) is 0 Å². The van der Waals surface area contributed by atoms with E-state index in [0.717, 1.165) is 29.8 Å². The van der Waals surface area contributed by atoms with Crippen LogP contribution in [0.15, 0.2) is 54.6 Å². The number of hydrogen-bond donors (Lipinski definition) is 0. The molecule has 0 bridgehead atoms. The first-order valence-electron chi connectivity index (χ1n) is 10.1. The second kappa shape index (κ2) is 7.72. The molecule has 29 heavy (non-hydrogen) atoms. The SMILES string of the molecule is CCOC(=O)[14CH2]c1c(-c2ccc(Cl)cc2)c(-c2ccccc2)c2n1CC(C)(C)C2. The van der Waals surface area contributed by atoms with Crippen LogP contribution < -0.4 is 0 Å². The molecule has 1 aromatic heterocycles. The number of hydrogen-bond acceptors (Lipinski definition) is 2. The van der Waals surface area contributed by atoms with Crippen LogP contribution in [0.25, 0.3) is 22.3 Å². The fraction of sp³-hybridized carbons (Fsp3) is 0.320. The molecule has 0 radical (unpaired) electrons. The highest BCUT2D eigenvalue weighted by molar-refractivity contribution is 6.30. The molecule has 2 aromatic carbocycles. The number of fused-ring (bicyclic) bond motifs is 1. The zero-order valence-electron chi connectivity index (χ0n) is 17.2. The van der Waals surface area contributed by atoms with Gasteiger partial charge in [-0.2, -0.15) is 0 Å². The predicted octanol–water partition coefficient (Wildman–Crippen LogP) is 6.16. The third-order valence-electron chi connectivity index (χ3n) is 5.52. The number of esters is 1. The number of rotatable bonds is 5. The number of halogens is 1. The molecule has 0 atom stereocenters. The van der Waals surface area contributed by atoms with Crippen LogP contribution in [-0.2, 0) is 28.9 Å². The number of carbonyl (C=O) groups excluding carboxylic acids is 1. The van der Waals surface area contributed by atoms with Crippen molar-refractivity contribution in [2.45, 2.75) is 40.2 Å². The van der Waals surface area contributed by atoms with E-state index in [9.17, 15) is 4.79 Å². The van der Waals surface area contributed by atoms with Gasteiger partial charge in [0.05, 0.1) is 13.0 Å². The van der Waals surface area contributed by atoms with Crippen LogP contribution in [0, 0.1) is 5.41 Å². The van der Waals surface area contributed by atoms with Crippen LogP contribution in [0.1, 0.15) is 32.2 Å². The van der Waals surface area contributed by atoms with Gasteiger partial charge in [0.25, 0.3) is 0 Å². The summed E-state index contributed by atoms with van der Waals surface area (Å²) in [5.74, 6) is -0.188. The minimum absolute atomic E-state index is 0.154. The third-order valence-corrected chi connectivity index (χ3v) is 5.78. The Morgan fingerprint density at radius 1 is 1.07 bits per heavy atom. The minimum Gasteiger partial charge on any atom is -0.466 e. The number of ether oxygens (including phenoxy) is 1. The summed E-state index contributed by atoms with van der Waals surface area (Å²) < 4.78 is 7.66. The average Bonchev–Trinajstić information content (AvgIpc) is 3.14. The first kappa shape index (κ1) is 19.8. The van der Waals surface area contributed by atoms with Gasteiger partial charge in [0, 0.05) is 34.1 Å². The van der Waals surface area contributed by atoms with Crippen molar-refractivity contribution in [3.8, 4) is 22.3 Å². The van der Waals surface area contributed by atoms with E-state index >= 15 is 0 Å². The van der Waals surface area contributed by atoms with E-state index in [4.69, 9.17) is 16.3 Å². The van der Waals surface area contributed by atoms with E-state index in [-0.39, 0.29) is 17.8 Å². The highest BCUT2D eigenvalue weighted by Crippen LogP contribution is 2.47. The highest BCUT2D eigenvalue weighted by Gasteiger charge is 2.36. The lowest BCUT2D eigenvalue weighted by Gasteiger charge is -2.19. The minimum atomic E-state index is -0.188. The van der Waals surface area contributed by atoms with E-state index in [1.807, 2.05) is 37.3 Å². The van der Waals surface area contributed by atoms with Crippen LogP contribution in [0.4, 0.5) is 0 Å². The maximum Gasteiger partial charge on any atom is 0.311 e. The summed E-state index contributed by atoms with van der Waals surface area (Å²) in [5.41, 5.74) is 7.07. The molecule has 1 aliphatic heterocycles. The molecular weight excluding hydrogens is 384 g/mol. The topological polar surface area (TPSA) is 31.2 Å². The van der Waals surface area contributed by atoms with Crippen molar-refractivity contribution >= 4 is 17.6 Å². The van der Waals surface area contributed by atoms with E-state index in [0.29, 0.717) is 11.6 Å². The predicted molar refractivity (Wildman–Crippen MR) is 118 cm³/mol. The van der Waals surface area contributed by atoms with E-state index in [2.05, 4.69) is 42.7 Å². The Hall–Kier alpha value is -2.52. The zero-order chi connectivity index (χ0) is 20.6. The van der Waals surface area contributed by atoms with Crippen LogP contribution in [0.3, 0.4) is 0 Å². The Kier molecular flexibility index (Phi) is 5.26. The molecule has 0 saturated carbocycles. The van der Waals surface area contributed by atoms with E-state index < -0.39 is 0 Å². The molecule has 150 valence electrons. The summed E-state index contributed by atoms with van der Waals surface area (Å²) in [6.45, 7) is 7.69. The van der Waals surface area contributed by atoms with Crippen molar-refractivity contribution in [1.29, 1.82) is 0 Å². The Bertz CT molecular complexity index is 1030. The molecule has 0 fully saturated rings. The van der Waals surface area contributed by atoms with Crippen molar-refractivity contribution < 1.29 is 9.53 Å². The van der Waals surface area contributed by atoms with Gasteiger partial charge in [-0.25, -0.2) is 0 Å². The normalized spacial score (nSPS) is 14.6. The van der Waals surface area contributed by atoms with E-state index in [1.165, 1.54) is 16.8 Å². The first-order valence-corrected chi connectivity index (χ1v) is 10.5. The van der Waals surface area contributed by atoms with Crippen LogP contribution >= 0.6 is 11.6 Å². The number of aromatic nitrogens is 1. The van der Waals surface area contributed by atoms with Crippen LogP contribution in [-0.4, -0.2) is 17.1 Å². The van der Waals surface area contributed by atoms with Gasteiger partial charge in [-0.3, -0.25) is 4.79 Å². The van der Waals surface area contributed by atoms with Crippen LogP contribution in [0.5, 0.6) is 0 Å². The molecule has 0 saturated heterocycles. The second-order valence-corrected chi connectivity index (χ2v) is 8.86. The van der Waals surface area contributed by atoms with Gasteiger partial charge < -0.3 is 9.30 Å². The molecule has 3 nitrogen and oxygen atoms in total. The lowest BCUT2D eigenvalue weighted by atomic mass is 9.87. The fourth-order valence-corrected chi connectivity index (χ4v) is 4.54. The molecular formula is C25H26ClNO2. The maximum absolute atomic E-state index is 12.5. The summed E-state index contributed by atoms with van der Waals surface area (Å²) in [7, 11) is 0. The third kappa shape index (κ3) is 3.84. The van der Waals surface area contributed by atoms with Crippen LogP contribution in [0.2, 0.25) is 5.02 Å². The van der Waals surface area contributed by atoms with Crippen molar-refractivity contribution in [3.05, 3.63) is 71.0 Å². The molecule has 1 aliphatic rings. The Morgan fingerprint density at radius 2 is 1.72 bits per heavy atom. The standard InChI is InChI=1S/C25H26ClNO2/c1-4-29-22(28)14-20-23(18-10-12-19(26)13-11-18)24(17-8-6-5-7-9-17)21-15-25(2,3)16-27(20)21/h5-13H,4,14-16H2,1-3H3/i14+2.